The molecule has 17 heavy (non-hydrogen) atoms. The fraction of sp³-hybridized carbons (Fsp3) is 0.0667. The van der Waals surface area contributed by atoms with E-state index in [-0.39, 0.29) is 0 Å². The first kappa shape index (κ1) is 10.4. The summed E-state index contributed by atoms with van der Waals surface area (Å²) >= 11 is 1.67. The summed E-state index contributed by atoms with van der Waals surface area (Å²) in [4.78, 5) is 1.04. The van der Waals surface area contributed by atoms with E-state index in [1.165, 1.54) is 5.56 Å². The van der Waals surface area contributed by atoms with Crippen molar-refractivity contribution in [3.8, 4) is 5.75 Å². The van der Waals surface area contributed by atoms with E-state index in [4.69, 9.17) is 0 Å². The maximum absolute atomic E-state index is 10.2. The zero-order valence-electron chi connectivity index (χ0n) is 9.26. The van der Waals surface area contributed by atoms with Crippen molar-refractivity contribution in [2.75, 3.05) is 0 Å². The normalized spacial score (nSPS) is 10.8. The standard InChI is InChI=1S/C15H12OS/c16-15-12-8-4-5-9-13(12)17-14(15)10-11-6-2-1-3-7-11/h1-9,16H,10H2. The number of rotatable bonds is 2. The van der Waals surface area contributed by atoms with Crippen LogP contribution in [0.5, 0.6) is 5.75 Å². The van der Waals surface area contributed by atoms with Crippen LogP contribution < -0.4 is 0 Å². The van der Waals surface area contributed by atoms with Gasteiger partial charge in [-0.25, -0.2) is 0 Å². The fourth-order valence-corrected chi connectivity index (χ4v) is 3.12. The Bertz CT molecular complexity index is 640. The van der Waals surface area contributed by atoms with Gasteiger partial charge in [0.1, 0.15) is 5.75 Å². The second-order valence-corrected chi connectivity index (χ2v) is 5.17. The summed E-state index contributed by atoms with van der Waals surface area (Å²) in [6, 6.07) is 18.2. The number of hydrogen-bond donors (Lipinski definition) is 1. The van der Waals surface area contributed by atoms with Gasteiger partial charge in [0.15, 0.2) is 0 Å². The first-order valence-corrected chi connectivity index (χ1v) is 6.39. The number of fused-ring (bicyclic) bond motifs is 1. The lowest BCUT2D eigenvalue weighted by molar-refractivity contribution is 0.479. The number of thiophene rings is 1. The Balaban J connectivity index is 2.04. The van der Waals surface area contributed by atoms with Gasteiger partial charge in [-0.15, -0.1) is 11.3 Å². The lowest BCUT2D eigenvalue weighted by Gasteiger charge is -1.98. The molecule has 84 valence electrons. The summed E-state index contributed by atoms with van der Waals surface area (Å²) in [6.45, 7) is 0. The maximum Gasteiger partial charge on any atom is 0.137 e. The van der Waals surface area contributed by atoms with Crippen LogP contribution in [0.4, 0.5) is 0 Å². The third-order valence-electron chi connectivity index (χ3n) is 2.85. The molecule has 0 bridgehead atoms. The lowest BCUT2D eigenvalue weighted by Crippen LogP contribution is -1.83. The van der Waals surface area contributed by atoms with Crippen molar-refractivity contribution in [1.29, 1.82) is 0 Å². The summed E-state index contributed by atoms with van der Waals surface area (Å²) in [5.41, 5.74) is 1.23. The molecule has 3 aromatic rings. The summed E-state index contributed by atoms with van der Waals surface area (Å²) in [6.07, 6.45) is 0.798. The minimum Gasteiger partial charge on any atom is -0.506 e. The molecule has 0 amide bonds. The van der Waals surface area contributed by atoms with E-state index in [2.05, 4.69) is 12.1 Å². The molecular weight excluding hydrogens is 228 g/mol. The molecule has 1 heterocycles. The third kappa shape index (κ3) is 1.92. The summed E-state index contributed by atoms with van der Waals surface area (Å²) in [5, 5.41) is 11.1. The maximum atomic E-state index is 10.2. The van der Waals surface area contributed by atoms with Crippen molar-refractivity contribution < 1.29 is 5.11 Å². The number of benzene rings is 2. The SMILES string of the molecule is Oc1c(Cc2ccccc2)sc2ccccc12. The largest absolute Gasteiger partial charge is 0.506 e. The Morgan fingerprint density at radius 1 is 0.882 bits per heavy atom. The van der Waals surface area contributed by atoms with Crippen molar-refractivity contribution in [1.82, 2.24) is 0 Å². The molecule has 0 aliphatic carbocycles. The zero-order valence-corrected chi connectivity index (χ0v) is 10.1. The molecule has 0 aliphatic heterocycles. The van der Waals surface area contributed by atoms with Gasteiger partial charge in [-0.2, -0.15) is 0 Å². The molecular formula is C15H12OS. The summed E-state index contributed by atoms with van der Waals surface area (Å²) in [5.74, 6) is 0.439. The summed E-state index contributed by atoms with van der Waals surface area (Å²) < 4.78 is 1.15. The van der Waals surface area contributed by atoms with E-state index in [0.29, 0.717) is 5.75 Å². The topological polar surface area (TPSA) is 20.2 Å². The monoisotopic (exact) mass is 240 g/mol. The quantitative estimate of drug-likeness (QED) is 0.711. The predicted molar refractivity (Wildman–Crippen MR) is 72.7 cm³/mol. The van der Waals surface area contributed by atoms with Crippen LogP contribution in [0.2, 0.25) is 0 Å². The molecule has 0 unspecified atom stereocenters. The van der Waals surface area contributed by atoms with Crippen molar-refractivity contribution >= 4 is 21.4 Å². The molecule has 3 rings (SSSR count). The van der Waals surface area contributed by atoms with E-state index in [1.54, 1.807) is 11.3 Å². The summed E-state index contributed by atoms with van der Waals surface area (Å²) in [7, 11) is 0. The fourth-order valence-electron chi connectivity index (χ4n) is 1.98. The highest BCUT2D eigenvalue weighted by Crippen LogP contribution is 2.37. The molecule has 1 nitrogen and oxygen atoms in total. The number of hydrogen-bond acceptors (Lipinski definition) is 2. The highest BCUT2D eigenvalue weighted by atomic mass is 32.1. The molecule has 0 saturated heterocycles. The van der Waals surface area contributed by atoms with Gasteiger partial charge in [-0.3, -0.25) is 0 Å². The predicted octanol–water partition coefficient (Wildman–Crippen LogP) is 4.20. The second-order valence-electron chi connectivity index (χ2n) is 4.03. The minimum atomic E-state index is 0.439. The Hall–Kier alpha value is -1.80. The van der Waals surface area contributed by atoms with Crippen molar-refractivity contribution in [2.45, 2.75) is 6.42 Å². The Morgan fingerprint density at radius 3 is 2.35 bits per heavy atom. The van der Waals surface area contributed by atoms with Crippen molar-refractivity contribution in [3.63, 3.8) is 0 Å². The van der Waals surface area contributed by atoms with Gasteiger partial charge in [0.2, 0.25) is 0 Å². The third-order valence-corrected chi connectivity index (χ3v) is 4.01. The van der Waals surface area contributed by atoms with Crippen LogP contribution >= 0.6 is 11.3 Å². The average molecular weight is 240 g/mol. The molecule has 0 fully saturated rings. The van der Waals surface area contributed by atoms with Crippen molar-refractivity contribution in [3.05, 3.63) is 65.0 Å². The molecule has 1 aromatic heterocycles. The minimum absolute atomic E-state index is 0.439. The average Bonchev–Trinajstić information content (AvgIpc) is 2.68. The van der Waals surface area contributed by atoms with Crippen LogP contribution in [-0.4, -0.2) is 5.11 Å². The Morgan fingerprint density at radius 2 is 1.59 bits per heavy atom. The molecule has 0 saturated carbocycles. The highest BCUT2D eigenvalue weighted by molar-refractivity contribution is 7.19. The lowest BCUT2D eigenvalue weighted by atomic mass is 10.1. The van der Waals surface area contributed by atoms with Crippen LogP contribution in [-0.2, 0) is 6.42 Å². The van der Waals surface area contributed by atoms with Gasteiger partial charge < -0.3 is 5.11 Å². The van der Waals surface area contributed by atoms with E-state index >= 15 is 0 Å². The molecule has 0 atom stereocenters. The smallest absolute Gasteiger partial charge is 0.137 e. The van der Waals surface area contributed by atoms with Gasteiger partial charge in [0.05, 0.1) is 4.88 Å². The van der Waals surface area contributed by atoms with Gasteiger partial charge in [-0.05, 0) is 17.7 Å². The molecule has 0 radical (unpaired) electrons. The van der Waals surface area contributed by atoms with E-state index in [9.17, 15) is 5.11 Å². The van der Waals surface area contributed by atoms with Crippen LogP contribution in [0.3, 0.4) is 0 Å². The zero-order chi connectivity index (χ0) is 11.7. The van der Waals surface area contributed by atoms with Crippen molar-refractivity contribution in [2.24, 2.45) is 0 Å². The van der Waals surface area contributed by atoms with Crippen LogP contribution in [0.15, 0.2) is 54.6 Å². The van der Waals surface area contributed by atoms with Gasteiger partial charge in [-0.1, -0.05) is 42.5 Å². The Kier molecular flexibility index (Phi) is 2.57. The highest BCUT2D eigenvalue weighted by Gasteiger charge is 2.10. The Labute approximate surface area is 104 Å². The first-order valence-electron chi connectivity index (χ1n) is 5.58. The second kappa shape index (κ2) is 4.22. The van der Waals surface area contributed by atoms with E-state index in [1.807, 2.05) is 42.5 Å². The molecule has 2 heteroatoms. The number of aromatic hydroxyl groups is 1. The van der Waals surface area contributed by atoms with E-state index < -0.39 is 0 Å². The van der Waals surface area contributed by atoms with Gasteiger partial charge in [0, 0.05) is 16.5 Å². The van der Waals surface area contributed by atoms with Gasteiger partial charge >= 0.3 is 0 Å². The molecule has 0 aliphatic rings. The van der Waals surface area contributed by atoms with Gasteiger partial charge in [0.25, 0.3) is 0 Å². The van der Waals surface area contributed by atoms with Crippen LogP contribution in [0, 0.1) is 0 Å². The van der Waals surface area contributed by atoms with E-state index in [0.717, 1.165) is 21.4 Å². The molecule has 2 aromatic carbocycles. The molecule has 1 N–H and O–H groups in total. The van der Waals surface area contributed by atoms with Crippen LogP contribution in [0.25, 0.3) is 10.1 Å². The first-order chi connectivity index (χ1) is 8.34. The van der Waals surface area contributed by atoms with Crippen LogP contribution in [0.1, 0.15) is 10.4 Å². The molecule has 0 spiro atoms.